The molecule has 0 saturated heterocycles. The predicted octanol–water partition coefficient (Wildman–Crippen LogP) is 4.56. The van der Waals surface area contributed by atoms with Crippen LogP contribution in [0.2, 0.25) is 0 Å². The van der Waals surface area contributed by atoms with Gasteiger partial charge in [0.1, 0.15) is 0 Å². The topological polar surface area (TPSA) is 65.7 Å². The lowest BCUT2D eigenvalue weighted by Crippen LogP contribution is -2.23. The average molecular weight is 382 g/mol. The van der Waals surface area contributed by atoms with Gasteiger partial charge in [0.15, 0.2) is 0 Å². The van der Waals surface area contributed by atoms with E-state index in [-0.39, 0.29) is 0 Å². The Hall–Kier alpha value is -2.45. The van der Waals surface area contributed by atoms with E-state index in [9.17, 15) is 9.59 Å². The van der Waals surface area contributed by atoms with E-state index in [1.54, 1.807) is 6.08 Å². The molecular formula is C22H27N2O2P. The van der Waals surface area contributed by atoms with Crippen molar-refractivity contribution in [3.05, 3.63) is 85.7 Å². The van der Waals surface area contributed by atoms with Crippen molar-refractivity contribution in [3.8, 4) is 0 Å². The Morgan fingerprint density at radius 1 is 1.19 bits per heavy atom. The van der Waals surface area contributed by atoms with E-state index in [1.807, 2.05) is 12.1 Å². The number of aromatic nitrogens is 2. The van der Waals surface area contributed by atoms with Gasteiger partial charge in [-0.15, -0.1) is 8.86 Å². The second-order valence-corrected chi connectivity index (χ2v) is 7.44. The smallest absolute Gasteiger partial charge is 0.314 e. The zero-order valence-electron chi connectivity index (χ0n) is 16.3. The van der Waals surface area contributed by atoms with Crippen LogP contribution in [0.3, 0.4) is 0 Å². The Bertz CT molecular complexity index is 964. The zero-order chi connectivity index (χ0) is 20.0. The molecule has 0 spiro atoms. The van der Waals surface area contributed by atoms with Gasteiger partial charge in [0.05, 0.1) is 5.56 Å². The fourth-order valence-electron chi connectivity index (χ4n) is 3.24. The summed E-state index contributed by atoms with van der Waals surface area (Å²) in [6.07, 6.45) is 6.08. The summed E-state index contributed by atoms with van der Waals surface area (Å²) in [7, 11) is 3.90. The summed E-state index contributed by atoms with van der Waals surface area (Å²) in [5.41, 5.74) is 3.02. The van der Waals surface area contributed by atoms with E-state index in [2.05, 4.69) is 70.8 Å². The van der Waals surface area contributed by atoms with Gasteiger partial charge < -0.3 is 4.98 Å². The minimum Gasteiger partial charge on any atom is -0.314 e. The monoisotopic (exact) mass is 382 g/mol. The van der Waals surface area contributed by atoms with Gasteiger partial charge in [-0.3, -0.25) is 9.78 Å². The second-order valence-electron chi connectivity index (χ2n) is 6.90. The highest BCUT2D eigenvalue weighted by Gasteiger charge is 2.22. The molecule has 2 rings (SSSR count). The van der Waals surface area contributed by atoms with Gasteiger partial charge in [-0.05, 0) is 54.6 Å². The van der Waals surface area contributed by atoms with Gasteiger partial charge in [0.2, 0.25) is 0 Å². The normalized spacial score (nSPS) is 13.3. The lowest BCUT2D eigenvalue weighted by molar-refractivity contribution is 0.563. The summed E-state index contributed by atoms with van der Waals surface area (Å²) in [6, 6.07) is 10.5. The predicted molar refractivity (Wildman–Crippen MR) is 117 cm³/mol. The van der Waals surface area contributed by atoms with Crippen molar-refractivity contribution < 1.29 is 0 Å². The summed E-state index contributed by atoms with van der Waals surface area (Å²) < 4.78 is 0. The molecule has 1 aromatic heterocycles. The molecule has 0 aliphatic carbocycles. The number of H-pyrrole nitrogens is 2. The van der Waals surface area contributed by atoms with Crippen LogP contribution in [0.5, 0.6) is 0 Å². The highest BCUT2D eigenvalue weighted by atomic mass is 31.0. The molecule has 0 aliphatic heterocycles. The number of hydrogen-bond acceptors (Lipinski definition) is 2. The molecule has 0 amide bonds. The van der Waals surface area contributed by atoms with Crippen LogP contribution in [0.25, 0.3) is 6.08 Å². The Labute approximate surface area is 162 Å². The maximum absolute atomic E-state index is 11.9. The van der Waals surface area contributed by atoms with E-state index < -0.39 is 11.2 Å². The summed E-state index contributed by atoms with van der Waals surface area (Å²) in [5.74, 6) is 0.662. The molecule has 0 saturated carbocycles. The molecule has 2 N–H and O–H groups in total. The molecule has 142 valence electrons. The molecule has 0 aliphatic rings. The van der Waals surface area contributed by atoms with E-state index in [0.717, 1.165) is 22.9 Å². The van der Waals surface area contributed by atoms with Gasteiger partial charge in [0, 0.05) is 6.20 Å². The number of nitrogens with one attached hydrogen (secondary N) is 2. The third-order valence-corrected chi connectivity index (χ3v) is 5.49. The number of rotatable bonds is 7. The zero-order valence-corrected chi connectivity index (χ0v) is 17.3. The first-order chi connectivity index (χ1) is 12.8. The quantitative estimate of drug-likeness (QED) is 0.545. The molecule has 5 heteroatoms. The molecule has 0 fully saturated rings. The van der Waals surface area contributed by atoms with Crippen molar-refractivity contribution >= 4 is 20.2 Å². The first kappa shape index (κ1) is 20.9. The second kappa shape index (κ2) is 9.48. The van der Waals surface area contributed by atoms with Crippen molar-refractivity contribution in [1.29, 1.82) is 0 Å². The Balaban J connectivity index is 2.33. The third-order valence-electron chi connectivity index (χ3n) is 4.85. The van der Waals surface area contributed by atoms with E-state index >= 15 is 0 Å². The largest absolute Gasteiger partial charge is 0.325 e. The molecule has 1 heterocycles. The molecular weight excluding hydrogens is 355 g/mol. The van der Waals surface area contributed by atoms with E-state index in [1.165, 1.54) is 11.8 Å². The molecule has 0 radical (unpaired) electrons. The average Bonchev–Trinajstić information content (AvgIpc) is 2.64. The van der Waals surface area contributed by atoms with Crippen LogP contribution in [0, 0.1) is 5.92 Å². The van der Waals surface area contributed by atoms with Gasteiger partial charge in [-0.1, -0.05) is 55.8 Å². The van der Waals surface area contributed by atoms with Crippen molar-refractivity contribution in [1.82, 2.24) is 9.97 Å². The van der Waals surface area contributed by atoms with Crippen molar-refractivity contribution in [2.75, 3.05) is 0 Å². The van der Waals surface area contributed by atoms with Gasteiger partial charge in [0.25, 0.3) is 5.56 Å². The molecule has 4 nitrogen and oxygen atoms in total. The van der Waals surface area contributed by atoms with Crippen LogP contribution < -0.4 is 11.2 Å². The third kappa shape index (κ3) is 5.27. The standard InChI is InChI=1S/C22H27N2O2P/c1-5-18(15(4)16-9-7-6-8-10-16)20(27)19(14(2)3)12-11-17-13-23-22(26)24-21(17)25/h6-13,15,18,27H,5H2,1-4H3,(H2,23,24,25,26)/b12-11+. The van der Waals surface area contributed by atoms with Gasteiger partial charge in [-0.25, -0.2) is 4.79 Å². The highest BCUT2D eigenvalue weighted by molar-refractivity contribution is 7.22. The fourth-order valence-corrected chi connectivity index (χ4v) is 4.03. The summed E-state index contributed by atoms with van der Waals surface area (Å²) in [5, 5.41) is 1.12. The molecule has 0 bridgehead atoms. The first-order valence-corrected chi connectivity index (χ1v) is 9.66. The van der Waals surface area contributed by atoms with Crippen LogP contribution in [-0.2, 0) is 0 Å². The highest BCUT2D eigenvalue weighted by Crippen LogP contribution is 2.32. The van der Waals surface area contributed by atoms with Crippen molar-refractivity contribution in [3.63, 3.8) is 0 Å². The van der Waals surface area contributed by atoms with Crippen LogP contribution in [0.1, 0.15) is 51.2 Å². The van der Waals surface area contributed by atoms with Gasteiger partial charge >= 0.3 is 5.69 Å². The molecule has 2 unspecified atom stereocenters. The van der Waals surface area contributed by atoms with E-state index in [0.29, 0.717) is 17.4 Å². The lowest BCUT2D eigenvalue weighted by atomic mass is 9.80. The first-order valence-electron chi connectivity index (χ1n) is 9.16. The number of hydrogen-bond donors (Lipinski definition) is 2. The van der Waals surface area contributed by atoms with Crippen LogP contribution >= 0.6 is 8.86 Å². The minimum atomic E-state index is -0.505. The Morgan fingerprint density at radius 3 is 2.41 bits per heavy atom. The fraction of sp³-hybridized carbons (Fsp3) is 0.318. The minimum absolute atomic E-state index is 0.312. The van der Waals surface area contributed by atoms with Crippen LogP contribution in [0.4, 0.5) is 0 Å². The summed E-state index contributed by atoms with van der Waals surface area (Å²) >= 11 is 0. The molecule has 2 aromatic rings. The molecule has 2 atom stereocenters. The Kier molecular flexibility index (Phi) is 7.32. The summed E-state index contributed by atoms with van der Waals surface area (Å²) in [4.78, 5) is 27.8. The Morgan fingerprint density at radius 2 is 1.85 bits per heavy atom. The molecule has 27 heavy (non-hydrogen) atoms. The van der Waals surface area contributed by atoms with Crippen molar-refractivity contribution in [2.45, 2.75) is 40.0 Å². The van der Waals surface area contributed by atoms with Crippen LogP contribution in [0.15, 0.2) is 63.3 Å². The van der Waals surface area contributed by atoms with Gasteiger partial charge in [-0.2, -0.15) is 0 Å². The number of aromatic amines is 2. The maximum Gasteiger partial charge on any atom is 0.325 e. The van der Waals surface area contributed by atoms with Crippen molar-refractivity contribution in [2.24, 2.45) is 5.92 Å². The van der Waals surface area contributed by atoms with E-state index in [4.69, 9.17) is 0 Å². The summed E-state index contributed by atoms with van der Waals surface area (Å²) in [6.45, 7) is 8.53. The number of allylic oxidation sites excluding steroid dienone is 3. The maximum atomic E-state index is 11.9. The number of benzene rings is 1. The SMILES string of the molecule is CCC(C(=P)C(/C=C/c1c[nH]c(=O)[nH]c1=O)=C(C)C)C(C)c1ccccc1. The molecule has 1 aromatic carbocycles. The van der Waals surface area contributed by atoms with Crippen LogP contribution in [-0.4, -0.2) is 15.3 Å². The lowest BCUT2D eigenvalue weighted by Gasteiger charge is -2.26.